The highest BCUT2D eigenvalue weighted by atomic mass is 31.2. The van der Waals surface area contributed by atoms with E-state index >= 15 is 0 Å². The van der Waals surface area contributed by atoms with Crippen molar-refractivity contribution in [2.24, 2.45) is 0 Å². The van der Waals surface area contributed by atoms with E-state index in [1.165, 1.54) is 109 Å². The predicted octanol–water partition coefficient (Wildman–Crippen LogP) is 11.6. The van der Waals surface area contributed by atoms with E-state index in [1.807, 2.05) is 0 Å². The highest BCUT2D eigenvalue weighted by Crippen LogP contribution is 2.47. The first-order valence-electron chi connectivity index (χ1n) is 26.0. The maximum absolute atomic E-state index is 12.8. The molecule has 6 atom stereocenters. The average molecular weight is 943 g/mol. The van der Waals surface area contributed by atoms with Gasteiger partial charge in [0.2, 0.25) is 0 Å². The fraction of sp³-hybridized carbons (Fsp3) is 0.827. The molecule has 0 spiro atoms. The van der Waals surface area contributed by atoms with Crippen LogP contribution in [0.5, 0.6) is 0 Å². The zero-order valence-electron chi connectivity index (χ0n) is 40.8. The molecule has 0 aromatic carbocycles. The van der Waals surface area contributed by atoms with Crippen LogP contribution in [0.2, 0.25) is 0 Å². The number of unbranched alkanes of at least 4 members (excludes halogenated alkanes) is 24. The molecule has 6 unspecified atom stereocenters. The van der Waals surface area contributed by atoms with Crippen LogP contribution in [0.1, 0.15) is 213 Å². The fourth-order valence-electron chi connectivity index (χ4n) is 7.76. The quantitative estimate of drug-likeness (QED) is 0.0147. The number of phosphoric ester groups is 1. The lowest BCUT2D eigenvalue weighted by Crippen LogP contribution is -2.64. The van der Waals surface area contributed by atoms with Crippen LogP contribution in [0.15, 0.2) is 48.6 Å². The molecule has 13 heteroatoms. The van der Waals surface area contributed by atoms with Crippen LogP contribution >= 0.6 is 7.82 Å². The van der Waals surface area contributed by atoms with E-state index < -0.39 is 63.1 Å². The Morgan fingerprint density at radius 2 is 0.877 bits per heavy atom. The predicted molar refractivity (Wildman–Crippen MR) is 262 cm³/mol. The second-order valence-electron chi connectivity index (χ2n) is 18.0. The van der Waals surface area contributed by atoms with E-state index in [2.05, 4.69) is 62.5 Å². The van der Waals surface area contributed by atoms with Gasteiger partial charge in [0, 0.05) is 13.0 Å². The Bertz CT molecular complexity index is 1260. The molecule has 6 N–H and O–H groups in total. The van der Waals surface area contributed by atoms with Crippen LogP contribution < -0.4 is 0 Å². The summed E-state index contributed by atoms with van der Waals surface area (Å²) in [6.45, 7) is 4.20. The SMILES string of the molecule is CCCC/C=C\C/C=C\CCCCCCCCOCC(COP(=O)(O)OC1C(O)C(O)C(O)C(O)C1O)OC(=O)CCCCCCCCCCCCC/C=C\C/C=C\CCCCCCC. The van der Waals surface area contributed by atoms with Crippen molar-refractivity contribution in [1.82, 2.24) is 0 Å². The first-order valence-corrected chi connectivity index (χ1v) is 27.5. The van der Waals surface area contributed by atoms with Crippen molar-refractivity contribution in [2.45, 2.75) is 256 Å². The second kappa shape index (κ2) is 42.4. The molecule has 0 amide bonds. The lowest BCUT2D eigenvalue weighted by atomic mass is 9.85. The monoisotopic (exact) mass is 943 g/mol. The van der Waals surface area contributed by atoms with Gasteiger partial charge in [-0.25, -0.2) is 4.57 Å². The van der Waals surface area contributed by atoms with Crippen LogP contribution in [0.3, 0.4) is 0 Å². The molecule has 1 aliphatic carbocycles. The summed E-state index contributed by atoms with van der Waals surface area (Å²) in [4.78, 5) is 23.2. The number of hydrogen-bond acceptors (Lipinski definition) is 11. The zero-order chi connectivity index (χ0) is 47.6. The van der Waals surface area contributed by atoms with E-state index in [0.717, 1.165) is 77.0 Å². The largest absolute Gasteiger partial charge is 0.472 e. The van der Waals surface area contributed by atoms with E-state index in [0.29, 0.717) is 13.0 Å². The summed E-state index contributed by atoms with van der Waals surface area (Å²) in [6.07, 6.45) is 40.3. The number of rotatable bonds is 44. The molecule has 0 radical (unpaired) electrons. The van der Waals surface area contributed by atoms with Crippen molar-refractivity contribution in [3.05, 3.63) is 48.6 Å². The molecule has 0 aromatic rings. The molecule has 1 aliphatic rings. The molecule has 1 fully saturated rings. The molecular formula is C52H95O12P. The molecule has 1 saturated carbocycles. The Labute approximate surface area is 395 Å². The van der Waals surface area contributed by atoms with Gasteiger partial charge in [-0.05, 0) is 70.6 Å². The Balaban J connectivity index is 2.32. The van der Waals surface area contributed by atoms with E-state index in [4.69, 9.17) is 18.5 Å². The Kier molecular flexibility index (Phi) is 40.0. The number of carbonyl (C=O) groups is 1. The number of hydrogen-bond donors (Lipinski definition) is 6. The maximum Gasteiger partial charge on any atom is 0.472 e. The van der Waals surface area contributed by atoms with Gasteiger partial charge in [0.1, 0.15) is 42.7 Å². The van der Waals surface area contributed by atoms with Crippen LogP contribution in [-0.2, 0) is 27.9 Å². The summed E-state index contributed by atoms with van der Waals surface area (Å²) in [5.74, 6) is -0.483. The van der Waals surface area contributed by atoms with Crippen molar-refractivity contribution in [3.63, 3.8) is 0 Å². The standard InChI is InChI=1S/C52H95O12P/c1-3-5-7-9-11-13-15-17-19-20-21-22-23-24-25-26-27-29-31-33-35-37-39-41-46(53)63-45(44-62-65(59,60)64-52-50(57)48(55)47(54)49(56)51(52)58)43-61-42-40-38-36-34-32-30-28-18-16-14-12-10-8-6-4-2/h10,12,15-18,20-21,45,47-52,54-58H,3-9,11,13-14,19,22-44H2,1-2H3,(H,59,60)/b12-10-,17-15-,18-16-,21-20-. The molecule has 0 heterocycles. The minimum absolute atomic E-state index is 0.0849. The fourth-order valence-corrected chi connectivity index (χ4v) is 8.73. The lowest BCUT2D eigenvalue weighted by Gasteiger charge is -2.41. The van der Waals surface area contributed by atoms with Crippen molar-refractivity contribution in [3.8, 4) is 0 Å². The smallest absolute Gasteiger partial charge is 0.457 e. The Hall–Kier alpha value is -1.70. The summed E-state index contributed by atoms with van der Waals surface area (Å²) >= 11 is 0. The van der Waals surface area contributed by atoms with Crippen LogP contribution in [0.25, 0.3) is 0 Å². The highest BCUT2D eigenvalue weighted by Gasteiger charge is 2.51. The van der Waals surface area contributed by atoms with Crippen molar-refractivity contribution < 1.29 is 58.3 Å². The number of allylic oxidation sites excluding steroid dienone is 8. The first-order chi connectivity index (χ1) is 31.5. The number of esters is 1. The van der Waals surface area contributed by atoms with Gasteiger partial charge < -0.3 is 39.9 Å². The Morgan fingerprint density at radius 3 is 1.34 bits per heavy atom. The second-order valence-corrected chi connectivity index (χ2v) is 19.4. The minimum Gasteiger partial charge on any atom is -0.457 e. The molecule has 65 heavy (non-hydrogen) atoms. The Morgan fingerprint density at radius 1 is 0.492 bits per heavy atom. The van der Waals surface area contributed by atoms with Gasteiger partial charge in [-0.2, -0.15) is 0 Å². The van der Waals surface area contributed by atoms with Crippen LogP contribution in [0.4, 0.5) is 0 Å². The average Bonchev–Trinajstić information content (AvgIpc) is 3.29. The summed E-state index contributed by atoms with van der Waals surface area (Å²) in [5, 5.41) is 50.3. The van der Waals surface area contributed by atoms with Crippen LogP contribution in [0, 0.1) is 0 Å². The number of phosphoric acid groups is 1. The number of aliphatic hydroxyl groups is 5. The lowest BCUT2D eigenvalue weighted by molar-refractivity contribution is -0.220. The number of carbonyl (C=O) groups excluding carboxylic acids is 1. The molecule has 12 nitrogen and oxygen atoms in total. The van der Waals surface area contributed by atoms with Gasteiger partial charge in [-0.1, -0.05) is 184 Å². The van der Waals surface area contributed by atoms with Gasteiger partial charge in [0.15, 0.2) is 0 Å². The van der Waals surface area contributed by atoms with Gasteiger partial charge in [-0.15, -0.1) is 0 Å². The van der Waals surface area contributed by atoms with Gasteiger partial charge in [-0.3, -0.25) is 13.8 Å². The molecule has 1 rings (SSSR count). The molecule has 0 bridgehead atoms. The molecular weight excluding hydrogens is 848 g/mol. The van der Waals surface area contributed by atoms with Crippen LogP contribution in [-0.4, -0.2) is 98.9 Å². The number of aliphatic hydroxyl groups excluding tert-OH is 5. The number of ether oxygens (including phenoxy) is 2. The highest BCUT2D eigenvalue weighted by molar-refractivity contribution is 7.47. The maximum atomic E-state index is 12.8. The van der Waals surface area contributed by atoms with E-state index in [-0.39, 0.29) is 13.0 Å². The van der Waals surface area contributed by atoms with Crippen molar-refractivity contribution in [2.75, 3.05) is 19.8 Å². The molecule has 0 saturated heterocycles. The van der Waals surface area contributed by atoms with Gasteiger partial charge >= 0.3 is 13.8 Å². The van der Waals surface area contributed by atoms with E-state index in [9.17, 15) is 39.8 Å². The van der Waals surface area contributed by atoms with Gasteiger partial charge in [0.25, 0.3) is 0 Å². The third kappa shape index (κ3) is 34.3. The normalized spacial score (nSPS) is 21.9. The summed E-state index contributed by atoms with van der Waals surface area (Å²) in [5.41, 5.74) is 0. The molecule has 0 aliphatic heterocycles. The third-order valence-electron chi connectivity index (χ3n) is 11.9. The zero-order valence-corrected chi connectivity index (χ0v) is 41.7. The van der Waals surface area contributed by atoms with Crippen molar-refractivity contribution >= 4 is 13.8 Å². The molecule has 0 aromatic heterocycles. The minimum atomic E-state index is -5.03. The topological polar surface area (TPSA) is 192 Å². The van der Waals surface area contributed by atoms with E-state index in [1.54, 1.807) is 0 Å². The van der Waals surface area contributed by atoms with Crippen molar-refractivity contribution in [1.29, 1.82) is 0 Å². The van der Waals surface area contributed by atoms with Gasteiger partial charge in [0.05, 0.1) is 13.2 Å². The summed E-state index contributed by atoms with van der Waals surface area (Å²) < 4.78 is 34.3. The molecule has 380 valence electrons. The summed E-state index contributed by atoms with van der Waals surface area (Å²) in [7, 11) is -5.03. The third-order valence-corrected chi connectivity index (χ3v) is 12.9. The first kappa shape index (κ1) is 61.3. The summed E-state index contributed by atoms with van der Waals surface area (Å²) in [6, 6.07) is 0.